The van der Waals surface area contributed by atoms with Crippen LogP contribution in [0.4, 0.5) is 0 Å². The van der Waals surface area contributed by atoms with E-state index in [2.05, 4.69) is 6.07 Å². The zero-order valence-electron chi connectivity index (χ0n) is 14.1. The fourth-order valence-electron chi connectivity index (χ4n) is 3.74. The number of carbonyl (C=O) groups excluding carboxylic acids is 1. The molecule has 2 heterocycles. The van der Waals surface area contributed by atoms with Crippen molar-refractivity contribution in [2.75, 3.05) is 0 Å². The third-order valence-corrected chi connectivity index (χ3v) is 4.98. The van der Waals surface area contributed by atoms with Crippen LogP contribution in [0.3, 0.4) is 0 Å². The SMILES string of the molecule is Cc1ccc(-c2cc3c(C)cc(C)c4c3n(c2=O)CCC4=O)cc1. The highest BCUT2D eigenvalue weighted by atomic mass is 16.1. The van der Waals surface area contributed by atoms with E-state index in [4.69, 9.17) is 0 Å². The van der Waals surface area contributed by atoms with Crippen LogP contribution in [-0.2, 0) is 6.54 Å². The number of Topliss-reactive ketones (excluding diaryl/α,β-unsaturated/α-hetero) is 1. The monoisotopic (exact) mass is 317 g/mol. The first-order valence-corrected chi connectivity index (χ1v) is 8.25. The maximum atomic E-state index is 13.1. The summed E-state index contributed by atoms with van der Waals surface area (Å²) in [5.74, 6) is 0.139. The maximum absolute atomic E-state index is 13.1. The molecule has 1 aromatic heterocycles. The third kappa shape index (κ3) is 2.04. The number of rotatable bonds is 1. The van der Waals surface area contributed by atoms with Gasteiger partial charge in [0.1, 0.15) is 0 Å². The van der Waals surface area contributed by atoms with E-state index >= 15 is 0 Å². The lowest BCUT2D eigenvalue weighted by molar-refractivity contribution is 0.0972. The van der Waals surface area contributed by atoms with Crippen LogP contribution in [-0.4, -0.2) is 10.4 Å². The van der Waals surface area contributed by atoms with Gasteiger partial charge in [-0.25, -0.2) is 0 Å². The summed E-state index contributed by atoms with van der Waals surface area (Å²) in [5.41, 5.74) is 6.37. The molecule has 0 saturated heterocycles. The Labute approximate surface area is 140 Å². The number of benzene rings is 2. The molecule has 0 N–H and O–H groups in total. The van der Waals surface area contributed by atoms with E-state index < -0.39 is 0 Å². The summed E-state index contributed by atoms with van der Waals surface area (Å²) < 4.78 is 1.79. The van der Waals surface area contributed by atoms with Gasteiger partial charge in [0.25, 0.3) is 5.56 Å². The van der Waals surface area contributed by atoms with Gasteiger partial charge in [0.15, 0.2) is 5.78 Å². The lowest BCUT2D eigenvalue weighted by Gasteiger charge is -2.22. The van der Waals surface area contributed by atoms with Gasteiger partial charge in [-0.1, -0.05) is 35.9 Å². The second-order valence-electron chi connectivity index (χ2n) is 6.70. The summed E-state index contributed by atoms with van der Waals surface area (Å²) in [6.07, 6.45) is 0.392. The fourth-order valence-corrected chi connectivity index (χ4v) is 3.74. The lowest BCUT2D eigenvalue weighted by Crippen LogP contribution is -2.28. The van der Waals surface area contributed by atoms with Crippen molar-refractivity contribution < 1.29 is 4.79 Å². The number of ketones is 1. The first-order chi connectivity index (χ1) is 11.5. The van der Waals surface area contributed by atoms with Crippen molar-refractivity contribution in [2.45, 2.75) is 33.7 Å². The highest BCUT2D eigenvalue weighted by Crippen LogP contribution is 2.31. The smallest absolute Gasteiger partial charge is 0.258 e. The van der Waals surface area contributed by atoms with E-state index in [1.807, 2.05) is 51.1 Å². The van der Waals surface area contributed by atoms with Crippen LogP contribution < -0.4 is 5.56 Å². The summed E-state index contributed by atoms with van der Waals surface area (Å²) in [4.78, 5) is 25.5. The highest BCUT2D eigenvalue weighted by Gasteiger charge is 2.24. The van der Waals surface area contributed by atoms with Gasteiger partial charge < -0.3 is 4.57 Å². The van der Waals surface area contributed by atoms with Crippen LogP contribution in [0, 0.1) is 20.8 Å². The van der Waals surface area contributed by atoms with Crippen molar-refractivity contribution in [3.05, 3.63) is 69.0 Å². The number of carbonyl (C=O) groups is 1. The van der Waals surface area contributed by atoms with Gasteiger partial charge in [-0.05, 0) is 43.5 Å². The molecule has 1 aliphatic heterocycles. The maximum Gasteiger partial charge on any atom is 0.258 e. The molecule has 0 aliphatic carbocycles. The van der Waals surface area contributed by atoms with Crippen molar-refractivity contribution in [2.24, 2.45) is 0 Å². The number of hydrogen-bond acceptors (Lipinski definition) is 2. The zero-order chi connectivity index (χ0) is 17.0. The van der Waals surface area contributed by atoms with Crippen LogP contribution in [0.25, 0.3) is 22.0 Å². The number of aromatic nitrogens is 1. The lowest BCUT2D eigenvalue weighted by atomic mass is 9.91. The zero-order valence-corrected chi connectivity index (χ0v) is 14.1. The summed E-state index contributed by atoms with van der Waals surface area (Å²) in [5, 5.41) is 0.999. The molecule has 3 nitrogen and oxygen atoms in total. The van der Waals surface area contributed by atoms with Crippen LogP contribution in [0.5, 0.6) is 0 Å². The Hall–Kier alpha value is -2.68. The Morgan fingerprint density at radius 1 is 0.917 bits per heavy atom. The molecule has 3 aromatic rings. The Morgan fingerprint density at radius 2 is 1.62 bits per heavy atom. The van der Waals surface area contributed by atoms with Gasteiger partial charge >= 0.3 is 0 Å². The molecule has 0 radical (unpaired) electrons. The van der Waals surface area contributed by atoms with Crippen LogP contribution in [0.2, 0.25) is 0 Å². The summed E-state index contributed by atoms with van der Waals surface area (Å²) in [7, 11) is 0. The average molecular weight is 317 g/mol. The van der Waals surface area contributed by atoms with E-state index in [-0.39, 0.29) is 11.3 Å². The molecule has 4 rings (SSSR count). The molecule has 0 unspecified atom stereocenters. The number of nitrogens with zero attached hydrogens (tertiary/aromatic N) is 1. The Balaban J connectivity index is 2.14. The topological polar surface area (TPSA) is 39.1 Å². The van der Waals surface area contributed by atoms with Crippen molar-refractivity contribution >= 4 is 16.7 Å². The van der Waals surface area contributed by atoms with Crippen molar-refractivity contribution in [1.29, 1.82) is 0 Å². The molecule has 0 saturated carbocycles. The van der Waals surface area contributed by atoms with Gasteiger partial charge in [-0.15, -0.1) is 0 Å². The Bertz CT molecular complexity index is 1060. The largest absolute Gasteiger partial charge is 0.307 e. The normalized spacial score (nSPS) is 13.5. The molecule has 1 aliphatic rings. The molecule has 0 bridgehead atoms. The van der Waals surface area contributed by atoms with Crippen LogP contribution in [0.15, 0.2) is 41.2 Å². The summed E-state index contributed by atoms with van der Waals surface area (Å²) in [6.45, 7) is 6.49. The second-order valence-corrected chi connectivity index (χ2v) is 6.70. The molecular weight excluding hydrogens is 298 g/mol. The van der Waals surface area contributed by atoms with Gasteiger partial charge in [0, 0.05) is 29.5 Å². The van der Waals surface area contributed by atoms with Crippen LogP contribution >= 0.6 is 0 Å². The molecule has 120 valence electrons. The summed E-state index contributed by atoms with van der Waals surface area (Å²) in [6, 6.07) is 12.0. The second kappa shape index (κ2) is 5.17. The average Bonchev–Trinajstić information content (AvgIpc) is 2.55. The first-order valence-electron chi connectivity index (χ1n) is 8.25. The van der Waals surface area contributed by atoms with E-state index in [0.717, 1.165) is 33.2 Å². The van der Waals surface area contributed by atoms with Crippen molar-refractivity contribution in [1.82, 2.24) is 4.57 Å². The Morgan fingerprint density at radius 3 is 2.33 bits per heavy atom. The van der Waals surface area contributed by atoms with E-state index in [0.29, 0.717) is 18.5 Å². The molecular formula is C21H19NO2. The third-order valence-electron chi connectivity index (χ3n) is 4.98. The van der Waals surface area contributed by atoms with E-state index in [1.54, 1.807) is 4.57 Å². The fraction of sp³-hybridized carbons (Fsp3) is 0.238. The molecule has 2 aromatic carbocycles. The minimum absolute atomic E-state index is 0.00916. The Kier molecular flexibility index (Phi) is 3.20. The number of hydrogen-bond donors (Lipinski definition) is 0. The predicted octanol–water partition coefficient (Wildman–Crippen LogP) is 4.18. The standard InChI is InChI=1S/C21H19NO2/c1-12-4-6-15(7-5-12)17-11-16-13(2)10-14(3)19-18(23)8-9-22(20(16)19)21(17)24/h4-7,10-11H,8-9H2,1-3H3. The van der Waals surface area contributed by atoms with Crippen LogP contribution in [0.1, 0.15) is 33.5 Å². The molecule has 0 fully saturated rings. The molecule has 0 spiro atoms. The van der Waals surface area contributed by atoms with E-state index in [9.17, 15) is 9.59 Å². The van der Waals surface area contributed by atoms with Gasteiger partial charge in [0.05, 0.1) is 5.52 Å². The van der Waals surface area contributed by atoms with Crippen molar-refractivity contribution in [3.63, 3.8) is 0 Å². The predicted molar refractivity (Wildman–Crippen MR) is 96.8 cm³/mol. The van der Waals surface area contributed by atoms with E-state index in [1.165, 1.54) is 5.56 Å². The number of aryl methyl sites for hydroxylation is 4. The molecule has 24 heavy (non-hydrogen) atoms. The van der Waals surface area contributed by atoms with Crippen molar-refractivity contribution in [3.8, 4) is 11.1 Å². The van der Waals surface area contributed by atoms with Gasteiger partial charge in [0.2, 0.25) is 0 Å². The molecule has 0 amide bonds. The highest BCUT2D eigenvalue weighted by molar-refractivity contribution is 6.10. The minimum atomic E-state index is -0.00916. The molecule has 3 heteroatoms. The van der Waals surface area contributed by atoms with Gasteiger partial charge in [-0.3, -0.25) is 9.59 Å². The van der Waals surface area contributed by atoms with Gasteiger partial charge in [-0.2, -0.15) is 0 Å². The first kappa shape index (κ1) is 14.9. The number of pyridine rings is 1. The summed E-state index contributed by atoms with van der Waals surface area (Å²) >= 11 is 0. The molecule has 0 atom stereocenters. The quantitative estimate of drug-likeness (QED) is 0.675. The minimum Gasteiger partial charge on any atom is -0.307 e.